The van der Waals surface area contributed by atoms with Crippen molar-refractivity contribution in [3.05, 3.63) is 12.7 Å². The van der Waals surface area contributed by atoms with Gasteiger partial charge in [-0.1, -0.05) is 13.8 Å². The van der Waals surface area contributed by atoms with E-state index in [1.54, 1.807) is 12.7 Å². The van der Waals surface area contributed by atoms with Crippen molar-refractivity contribution in [1.82, 2.24) is 20.1 Å². The van der Waals surface area contributed by atoms with Crippen LogP contribution in [0.5, 0.6) is 0 Å². The number of aromatic nitrogens is 3. The molecule has 0 aliphatic carbocycles. The van der Waals surface area contributed by atoms with Crippen LogP contribution >= 0.6 is 0 Å². The summed E-state index contributed by atoms with van der Waals surface area (Å²) in [6, 6.07) is 0.376. The summed E-state index contributed by atoms with van der Waals surface area (Å²) in [6.07, 6.45) is 3.32. The Kier molecular flexibility index (Phi) is 3.89. The van der Waals surface area contributed by atoms with Gasteiger partial charge < -0.3 is 5.32 Å². The van der Waals surface area contributed by atoms with E-state index in [0.29, 0.717) is 12.0 Å². The number of hydrogen-bond donors (Lipinski definition) is 1. The summed E-state index contributed by atoms with van der Waals surface area (Å²) in [5.41, 5.74) is 0. The topological polar surface area (TPSA) is 42.7 Å². The third-order valence-corrected chi connectivity index (χ3v) is 1.88. The van der Waals surface area contributed by atoms with Crippen molar-refractivity contribution in [3.8, 4) is 0 Å². The van der Waals surface area contributed by atoms with Gasteiger partial charge in [-0.2, -0.15) is 5.10 Å². The molecular formula is C9H18N4. The number of nitrogens with one attached hydrogen (secondary N) is 1. The third kappa shape index (κ3) is 3.55. The molecule has 4 heteroatoms. The van der Waals surface area contributed by atoms with E-state index in [9.17, 15) is 0 Å². The summed E-state index contributed by atoms with van der Waals surface area (Å²) in [6.45, 7) is 8.53. The summed E-state index contributed by atoms with van der Waals surface area (Å²) in [7, 11) is 0. The highest BCUT2D eigenvalue weighted by Gasteiger charge is 2.03. The maximum Gasteiger partial charge on any atom is 0.137 e. The molecular weight excluding hydrogens is 164 g/mol. The van der Waals surface area contributed by atoms with Crippen LogP contribution in [0.3, 0.4) is 0 Å². The van der Waals surface area contributed by atoms with Crippen LogP contribution in [0.4, 0.5) is 0 Å². The molecule has 1 rings (SSSR count). The molecule has 4 nitrogen and oxygen atoms in total. The van der Waals surface area contributed by atoms with Crippen molar-refractivity contribution in [2.24, 2.45) is 5.92 Å². The lowest BCUT2D eigenvalue weighted by atomic mass is 10.2. The normalized spacial score (nSPS) is 13.5. The Morgan fingerprint density at radius 3 is 2.62 bits per heavy atom. The molecule has 0 radical (unpaired) electrons. The third-order valence-electron chi connectivity index (χ3n) is 1.88. The average molecular weight is 182 g/mol. The lowest BCUT2D eigenvalue weighted by Crippen LogP contribution is -2.27. The summed E-state index contributed by atoms with van der Waals surface area (Å²) in [4.78, 5) is 3.91. The van der Waals surface area contributed by atoms with Crippen molar-refractivity contribution < 1.29 is 0 Å². The van der Waals surface area contributed by atoms with E-state index < -0.39 is 0 Å². The van der Waals surface area contributed by atoms with E-state index in [1.807, 2.05) is 4.68 Å². The quantitative estimate of drug-likeness (QED) is 0.741. The largest absolute Gasteiger partial charge is 0.314 e. The van der Waals surface area contributed by atoms with Crippen LogP contribution in [0.1, 0.15) is 26.8 Å². The molecule has 0 saturated carbocycles. The molecule has 0 aromatic carbocycles. The SMILES string of the molecule is CC(C)CNCC(C)n1cncn1. The van der Waals surface area contributed by atoms with E-state index >= 15 is 0 Å². The zero-order valence-corrected chi connectivity index (χ0v) is 8.57. The van der Waals surface area contributed by atoms with Gasteiger partial charge in [-0.25, -0.2) is 9.67 Å². The second kappa shape index (κ2) is 4.97. The highest BCUT2D eigenvalue weighted by molar-refractivity contribution is 4.67. The number of nitrogens with zero attached hydrogens (tertiary/aromatic N) is 3. The predicted octanol–water partition coefficient (Wildman–Crippen LogP) is 1.08. The first-order valence-corrected chi connectivity index (χ1v) is 4.75. The van der Waals surface area contributed by atoms with Crippen LogP contribution in [0.2, 0.25) is 0 Å². The lowest BCUT2D eigenvalue weighted by molar-refractivity contribution is 0.434. The summed E-state index contributed by atoms with van der Waals surface area (Å²) < 4.78 is 1.87. The Labute approximate surface area is 79.4 Å². The molecule has 1 N–H and O–H groups in total. The Balaban J connectivity index is 2.22. The van der Waals surface area contributed by atoms with E-state index in [2.05, 4.69) is 36.2 Å². The standard InChI is InChI=1S/C9H18N4/c1-8(2)4-10-5-9(3)13-7-11-6-12-13/h6-10H,4-5H2,1-3H3. The molecule has 1 unspecified atom stereocenters. The van der Waals surface area contributed by atoms with Gasteiger partial charge in [0.25, 0.3) is 0 Å². The Morgan fingerprint density at radius 1 is 1.31 bits per heavy atom. The smallest absolute Gasteiger partial charge is 0.137 e. The zero-order valence-electron chi connectivity index (χ0n) is 8.57. The van der Waals surface area contributed by atoms with Crippen LogP contribution in [-0.4, -0.2) is 27.9 Å². The van der Waals surface area contributed by atoms with Gasteiger partial charge in [-0.05, 0) is 19.4 Å². The molecule has 1 atom stereocenters. The Hall–Kier alpha value is -0.900. The van der Waals surface area contributed by atoms with E-state index in [-0.39, 0.29) is 0 Å². The lowest BCUT2D eigenvalue weighted by Gasteiger charge is -2.13. The molecule has 1 aromatic heterocycles. The summed E-state index contributed by atoms with van der Waals surface area (Å²) in [5, 5.41) is 7.46. The van der Waals surface area contributed by atoms with Crippen molar-refractivity contribution in [2.45, 2.75) is 26.8 Å². The van der Waals surface area contributed by atoms with Gasteiger partial charge in [-0.3, -0.25) is 0 Å². The fourth-order valence-electron chi connectivity index (χ4n) is 1.12. The van der Waals surface area contributed by atoms with Crippen molar-refractivity contribution >= 4 is 0 Å². The molecule has 0 amide bonds. The highest BCUT2D eigenvalue weighted by atomic mass is 15.3. The molecule has 13 heavy (non-hydrogen) atoms. The minimum absolute atomic E-state index is 0.376. The maximum atomic E-state index is 4.08. The molecule has 0 aliphatic heterocycles. The van der Waals surface area contributed by atoms with Gasteiger partial charge in [0.15, 0.2) is 0 Å². The molecule has 1 aromatic rings. The van der Waals surface area contributed by atoms with E-state index in [4.69, 9.17) is 0 Å². The van der Waals surface area contributed by atoms with E-state index in [1.165, 1.54) is 0 Å². The summed E-state index contributed by atoms with van der Waals surface area (Å²) in [5.74, 6) is 0.697. The van der Waals surface area contributed by atoms with Crippen molar-refractivity contribution in [3.63, 3.8) is 0 Å². The zero-order chi connectivity index (χ0) is 9.68. The second-order valence-electron chi connectivity index (χ2n) is 3.78. The van der Waals surface area contributed by atoms with Crippen LogP contribution in [0.25, 0.3) is 0 Å². The van der Waals surface area contributed by atoms with Crippen LogP contribution in [-0.2, 0) is 0 Å². The number of hydrogen-bond acceptors (Lipinski definition) is 3. The van der Waals surface area contributed by atoms with Crippen LogP contribution in [0, 0.1) is 5.92 Å². The number of rotatable bonds is 5. The molecule has 0 aliphatic rings. The van der Waals surface area contributed by atoms with Crippen molar-refractivity contribution in [2.75, 3.05) is 13.1 Å². The van der Waals surface area contributed by atoms with Crippen LogP contribution < -0.4 is 5.32 Å². The fourth-order valence-corrected chi connectivity index (χ4v) is 1.12. The first-order valence-electron chi connectivity index (χ1n) is 4.75. The Morgan fingerprint density at radius 2 is 2.08 bits per heavy atom. The Bertz CT molecular complexity index is 218. The highest BCUT2D eigenvalue weighted by Crippen LogP contribution is 1.99. The first kappa shape index (κ1) is 10.2. The molecule has 0 fully saturated rings. The molecule has 0 spiro atoms. The molecule has 0 bridgehead atoms. The van der Waals surface area contributed by atoms with Gasteiger partial charge in [0.1, 0.15) is 12.7 Å². The van der Waals surface area contributed by atoms with E-state index in [0.717, 1.165) is 13.1 Å². The van der Waals surface area contributed by atoms with Gasteiger partial charge in [0.05, 0.1) is 6.04 Å². The minimum atomic E-state index is 0.376. The van der Waals surface area contributed by atoms with Gasteiger partial charge in [-0.15, -0.1) is 0 Å². The van der Waals surface area contributed by atoms with Gasteiger partial charge in [0, 0.05) is 6.54 Å². The fraction of sp³-hybridized carbons (Fsp3) is 0.778. The predicted molar refractivity (Wildman–Crippen MR) is 52.4 cm³/mol. The second-order valence-corrected chi connectivity index (χ2v) is 3.78. The maximum absolute atomic E-state index is 4.08. The molecule has 1 heterocycles. The van der Waals surface area contributed by atoms with Crippen LogP contribution in [0.15, 0.2) is 12.7 Å². The van der Waals surface area contributed by atoms with Gasteiger partial charge >= 0.3 is 0 Å². The molecule has 74 valence electrons. The van der Waals surface area contributed by atoms with Gasteiger partial charge in [0.2, 0.25) is 0 Å². The molecule has 0 saturated heterocycles. The van der Waals surface area contributed by atoms with Crippen molar-refractivity contribution in [1.29, 1.82) is 0 Å². The summed E-state index contributed by atoms with van der Waals surface area (Å²) >= 11 is 0. The average Bonchev–Trinajstić information content (AvgIpc) is 2.55. The first-order chi connectivity index (χ1) is 6.20. The monoisotopic (exact) mass is 182 g/mol. The minimum Gasteiger partial charge on any atom is -0.314 e.